The van der Waals surface area contributed by atoms with E-state index in [0.29, 0.717) is 22.7 Å². The average Bonchev–Trinajstić information content (AvgIpc) is 2.79. The van der Waals surface area contributed by atoms with E-state index in [1.54, 1.807) is 0 Å². The number of carbonyl (C=O) groups is 1. The minimum Gasteiger partial charge on any atom is -0.341 e. The highest BCUT2D eigenvalue weighted by molar-refractivity contribution is 5.80. The molecule has 0 unspecified atom stereocenters. The third kappa shape index (κ3) is 2.19. The Labute approximate surface area is 111 Å². The summed E-state index contributed by atoms with van der Waals surface area (Å²) >= 11 is 0. The van der Waals surface area contributed by atoms with Crippen LogP contribution in [0, 0.1) is 16.7 Å². The van der Waals surface area contributed by atoms with Crippen molar-refractivity contribution in [2.75, 3.05) is 13.1 Å². The zero-order chi connectivity index (χ0) is 12.8. The summed E-state index contributed by atoms with van der Waals surface area (Å²) in [6.45, 7) is 6.91. The SMILES string of the molecule is CC1(C)CCC2(CC1)CN(C(=O)C1CCCC1)C2. The maximum Gasteiger partial charge on any atom is 0.225 e. The lowest BCUT2D eigenvalue weighted by Crippen LogP contribution is -2.60. The van der Waals surface area contributed by atoms with Crippen LogP contribution in [-0.2, 0) is 4.79 Å². The van der Waals surface area contributed by atoms with Crippen LogP contribution < -0.4 is 0 Å². The van der Waals surface area contributed by atoms with Gasteiger partial charge >= 0.3 is 0 Å². The lowest BCUT2D eigenvalue weighted by molar-refractivity contribution is -0.151. The van der Waals surface area contributed by atoms with Crippen LogP contribution in [0.4, 0.5) is 0 Å². The van der Waals surface area contributed by atoms with E-state index in [1.165, 1.54) is 38.5 Å². The first kappa shape index (κ1) is 12.5. The lowest BCUT2D eigenvalue weighted by atomic mass is 9.61. The van der Waals surface area contributed by atoms with E-state index >= 15 is 0 Å². The molecule has 3 fully saturated rings. The number of likely N-dealkylation sites (tertiary alicyclic amines) is 1. The molecule has 1 saturated heterocycles. The van der Waals surface area contributed by atoms with Crippen LogP contribution >= 0.6 is 0 Å². The lowest BCUT2D eigenvalue weighted by Gasteiger charge is -2.55. The second kappa shape index (κ2) is 4.25. The van der Waals surface area contributed by atoms with Crippen molar-refractivity contribution in [3.8, 4) is 0 Å². The Morgan fingerprint density at radius 2 is 1.56 bits per heavy atom. The van der Waals surface area contributed by atoms with Crippen LogP contribution in [0.25, 0.3) is 0 Å². The number of nitrogens with zero attached hydrogens (tertiary/aromatic N) is 1. The Hall–Kier alpha value is -0.530. The van der Waals surface area contributed by atoms with Crippen LogP contribution in [-0.4, -0.2) is 23.9 Å². The van der Waals surface area contributed by atoms with Gasteiger partial charge in [-0.25, -0.2) is 0 Å². The molecule has 3 rings (SSSR count). The van der Waals surface area contributed by atoms with E-state index in [-0.39, 0.29) is 0 Å². The van der Waals surface area contributed by atoms with E-state index in [0.717, 1.165) is 25.9 Å². The van der Waals surface area contributed by atoms with Crippen molar-refractivity contribution in [2.45, 2.75) is 65.2 Å². The van der Waals surface area contributed by atoms with Gasteiger partial charge in [0.1, 0.15) is 0 Å². The molecule has 0 N–H and O–H groups in total. The molecule has 1 amide bonds. The summed E-state index contributed by atoms with van der Waals surface area (Å²) in [6.07, 6.45) is 10.2. The summed E-state index contributed by atoms with van der Waals surface area (Å²) in [5, 5.41) is 0. The molecule has 0 bridgehead atoms. The van der Waals surface area contributed by atoms with Gasteiger partial charge in [-0.3, -0.25) is 4.79 Å². The highest BCUT2D eigenvalue weighted by Gasteiger charge is 2.49. The second-order valence-corrected chi connectivity index (χ2v) is 7.84. The molecule has 2 aliphatic carbocycles. The van der Waals surface area contributed by atoms with Crippen LogP contribution in [0.3, 0.4) is 0 Å². The van der Waals surface area contributed by atoms with Crippen LogP contribution in [0.1, 0.15) is 65.2 Å². The van der Waals surface area contributed by atoms with Crippen molar-refractivity contribution in [2.24, 2.45) is 16.7 Å². The molecule has 0 radical (unpaired) electrons. The predicted octanol–water partition coefficient (Wildman–Crippen LogP) is 3.61. The topological polar surface area (TPSA) is 20.3 Å². The number of hydrogen-bond donors (Lipinski definition) is 0. The van der Waals surface area contributed by atoms with E-state index in [2.05, 4.69) is 18.7 Å². The van der Waals surface area contributed by atoms with Crippen LogP contribution in [0.15, 0.2) is 0 Å². The largest absolute Gasteiger partial charge is 0.341 e. The van der Waals surface area contributed by atoms with Gasteiger partial charge in [-0.2, -0.15) is 0 Å². The highest BCUT2D eigenvalue weighted by Crippen LogP contribution is 2.50. The third-order valence-corrected chi connectivity index (χ3v) is 5.73. The molecule has 1 heterocycles. The first-order chi connectivity index (χ1) is 8.50. The molecule has 0 aromatic rings. The summed E-state index contributed by atoms with van der Waals surface area (Å²) in [5.74, 6) is 0.852. The third-order valence-electron chi connectivity index (χ3n) is 5.73. The molecule has 2 nitrogen and oxygen atoms in total. The number of rotatable bonds is 1. The van der Waals surface area contributed by atoms with Gasteiger partial charge in [0, 0.05) is 24.4 Å². The Morgan fingerprint density at radius 1 is 1.00 bits per heavy atom. The van der Waals surface area contributed by atoms with Crippen molar-refractivity contribution < 1.29 is 4.79 Å². The fraction of sp³-hybridized carbons (Fsp3) is 0.938. The monoisotopic (exact) mass is 249 g/mol. The maximum absolute atomic E-state index is 12.3. The maximum atomic E-state index is 12.3. The van der Waals surface area contributed by atoms with Gasteiger partial charge in [0.25, 0.3) is 0 Å². The molecule has 1 spiro atoms. The van der Waals surface area contributed by atoms with E-state index in [9.17, 15) is 4.79 Å². The van der Waals surface area contributed by atoms with Gasteiger partial charge in [0.15, 0.2) is 0 Å². The van der Waals surface area contributed by atoms with Gasteiger partial charge in [0.05, 0.1) is 0 Å². The number of hydrogen-bond acceptors (Lipinski definition) is 1. The van der Waals surface area contributed by atoms with Crippen LogP contribution in [0.2, 0.25) is 0 Å². The van der Waals surface area contributed by atoms with Gasteiger partial charge in [-0.05, 0) is 43.9 Å². The Balaban J connectivity index is 1.52. The average molecular weight is 249 g/mol. The van der Waals surface area contributed by atoms with E-state index in [1.807, 2.05) is 0 Å². The Kier molecular flexibility index (Phi) is 2.95. The fourth-order valence-electron chi connectivity index (χ4n) is 4.12. The zero-order valence-electron chi connectivity index (χ0n) is 12.0. The van der Waals surface area contributed by atoms with Gasteiger partial charge in [-0.1, -0.05) is 26.7 Å². The summed E-state index contributed by atoms with van der Waals surface area (Å²) in [5.41, 5.74) is 1.06. The summed E-state index contributed by atoms with van der Waals surface area (Å²) in [7, 11) is 0. The minimum absolute atomic E-state index is 0.377. The molecule has 18 heavy (non-hydrogen) atoms. The molecule has 0 atom stereocenters. The summed E-state index contributed by atoms with van der Waals surface area (Å²) in [6, 6.07) is 0. The first-order valence-corrected chi connectivity index (χ1v) is 7.79. The minimum atomic E-state index is 0.377. The van der Waals surface area contributed by atoms with Crippen molar-refractivity contribution in [1.82, 2.24) is 4.90 Å². The van der Waals surface area contributed by atoms with Crippen molar-refractivity contribution >= 4 is 5.91 Å². The fourth-order valence-corrected chi connectivity index (χ4v) is 4.12. The molecule has 3 aliphatic rings. The molecule has 2 saturated carbocycles. The van der Waals surface area contributed by atoms with Gasteiger partial charge < -0.3 is 4.90 Å². The Morgan fingerprint density at radius 3 is 2.11 bits per heavy atom. The standard InChI is InChI=1S/C16H27NO/c1-15(2)7-9-16(10-8-15)11-17(12-16)14(18)13-5-3-4-6-13/h13H,3-12H2,1-2H3. The smallest absolute Gasteiger partial charge is 0.225 e. The summed E-state index contributed by atoms with van der Waals surface area (Å²) in [4.78, 5) is 14.5. The molecular weight excluding hydrogens is 222 g/mol. The molecule has 2 heteroatoms. The van der Waals surface area contributed by atoms with E-state index < -0.39 is 0 Å². The Bertz CT molecular complexity index is 323. The molecule has 1 aliphatic heterocycles. The van der Waals surface area contributed by atoms with Crippen LogP contribution in [0.5, 0.6) is 0 Å². The number of amides is 1. The van der Waals surface area contributed by atoms with E-state index in [4.69, 9.17) is 0 Å². The second-order valence-electron chi connectivity index (χ2n) is 7.84. The normalized spacial score (nSPS) is 30.4. The number of carbonyl (C=O) groups excluding carboxylic acids is 1. The summed E-state index contributed by atoms with van der Waals surface area (Å²) < 4.78 is 0. The molecule has 0 aromatic heterocycles. The molecule has 0 aromatic carbocycles. The zero-order valence-corrected chi connectivity index (χ0v) is 12.0. The predicted molar refractivity (Wildman–Crippen MR) is 73.2 cm³/mol. The van der Waals surface area contributed by atoms with Crippen molar-refractivity contribution in [1.29, 1.82) is 0 Å². The highest BCUT2D eigenvalue weighted by atomic mass is 16.2. The van der Waals surface area contributed by atoms with Crippen molar-refractivity contribution in [3.63, 3.8) is 0 Å². The van der Waals surface area contributed by atoms with Crippen molar-refractivity contribution in [3.05, 3.63) is 0 Å². The quantitative estimate of drug-likeness (QED) is 0.695. The van der Waals surface area contributed by atoms with Gasteiger partial charge in [0.2, 0.25) is 5.91 Å². The molecule has 102 valence electrons. The van der Waals surface area contributed by atoms with Gasteiger partial charge in [-0.15, -0.1) is 0 Å². The molecular formula is C16H27NO. The first-order valence-electron chi connectivity index (χ1n) is 7.79.